The van der Waals surface area contributed by atoms with E-state index in [1.54, 1.807) is 12.1 Å². The lowest BCUT2D eigenvalue weighted by atomic mass is 10.1. The predicted molar refractivity (Wildman–Crippen MR) is 91.2 cm³/mol. The van der Waals surface area contributed by atoms with Gasteiger partial charge in [0.05, 0.1) is 6.54 Å². The molecule has 1 amide bonds. The highest BCUT2D eigenvalue weighted by atomic mass is 32.2. The second-order valence-electron chi connectivity index (χ2n) is 5.31. The quantitative estimate of drug-likeness (QED) is 0.934. The standard InChI is InChI=1S/C17H18N2O3S/c1-11-3-5-14(12(2)9-11)21-10-13-4-6-15(22-13)16(20)19-17-18-7-8-23-17/h3-6,9H,7-8,10H2,1-2H3,(H,18,19,20). The summed E-state index contributed by atoms with van der Waals surface area (Å²) in [7, 11) is 0. The third-order valence-electron chi connectivity index (χ3n) is 3.39. The highest BCUT2D eigenvalue weighted by Gasteiger charge is 2.16. The number of hydrogen-bond acceptors (Lipinski definition) is 5. The molecule has 1 N–H and O–H groups in total. The fraction of sp³-hybridized carbons (Fsp3) is 0.294. The maximum Gasteiger partial charge on any atom is 0.292 e. The van der Waals surface area contributed by atoms with Gasteiger partial charge in [-0.25, -0.2) is 0 Å². The number of benzene rings is 1. The number of nitrogens with zero attached hydrogens (tertiary/aromatic N) is 1. The van der Waals surface area contributed by atoms with Crippen LogP contribution < -0.4 is 10.1 Å². The van der Waals surface area contributed by atoms with E-state index in [1.165, 1.54) is 17.3 Å². The fourth-order valence-electron chi connectivity index (χ4n) is 2.26. The molecule has 2 aromatic rings. The zero-order chi connectivity index (χ0) is 16.2. The minimum absolute atomic E-state index is 0.263. The van der Waals surface area contributed by atoms with Crippen LogP contribution in [0.2, 0.25) is 0 Å². The molecule has 2 heterocycles. The average molecular weight is 330 g/mol. The molecule has 0 aliphatic carbocycles. The number of aryl methyl sites for hydroxylation is 2. The van der Waals surface area contributed by atoms with Crippen molar-refractivity contribution >= 4 is 22.8 Å². The van der Waals surface area contributed by atoms with Crippen LogP contribution in [0.25, 0.3) is 0 Å². The van der Waals surface area contributed by atoms with Gasteiger partial charge < -0.3 is 9.15 Å². The van der Waals surface area contributed by atoms with Crippen LogP contribution >= 0.6 is 11.8 Å². The van der Waals surface area contributed by atoms with Gasteiger partial charge in [-0.15, -0.1) is 0 Å². The number of carbonyl (C=O) groups is 1. The van der Waals surface area contributed by atoms with Crippen molar-refractivity contribution in [2.24, 2.45) is 4.99 Å². The minimum Gasteiger partial charge on any atom is -0.485 e. The topological polar surface area (TPSA) is 63.8 Å². The van der Waals surface area contributed by atoms with Crippen LogP contribution in [-0.2, 0) is 6.61 Å². The molecule has 0 fully saturated rings. The van der Waals surface area contributed by atoms with Gasteiger partial charge in [0.25, 0.3) is 5.91 Å². The Balaban J connectivity index is 1.59. The first-order chi connectivity index (χ1) is 11.1. The molecule has 1 aliphatic heterocycles. The molecule has 0 saturated heterocycles. The number of ether oxygens (including phenoxy) is 1. The summed E-state index contributed by atoms with van der Waals surface area (Å²) in [6.45, 7) is 5.07. The summed E-state index contributed by atoms with van der Waals surface area (Å²) in [5, 5.41) is 3.39. The lowest BCUT2D eigenvalue weighted by Gasteiger charge is -2.08. The van der Waals surface area contributed by atoms with E-state index >= 15 is 0 Å². The van der Waals surface area contributed by atoms with Gasteiger partial charge >= 0.3 is 0 Å². The summed E-state index contributed by atoms with van der Waals surface area (Å²) in [6, 6.07) is 9.41. The Morgan fingerprint density at radius 1 is 1.35 bits per heavy atom. The molecule has 0 radical (unpaired) electrons. The molecule has 6 heteroatoms. The van der Waals surface area contributed by atoms with Crippen LogP contribution in [0.15, 0.2) is 39.7 Å². The summed E-state index contributed by atoms with van der Waals surface area (Å²) in [5.41, 5.74) is 2.27. The van der Waals surface area contributed by atoms with Gasteiger partial charge in [-0.05, 0) is 37.6 Å². The van der Waals surface area contributed by atoms with Crippen molar-refractivity contribution in [3.63, 3.8) is 0 Å². The Morgan fingerprint density at radius 2 is 2.22 bits per heavy atom. The van der Waals surface area contributed by atoms with Gasteiger partial charge in [0.15, 0.2) is 10.9 Å². The number of furan rings is 1. The zero-order valence-electron chi connectivity index (χ0n) is 13.1. The van der Waals surface area contributed by atoms with Crippen LogP contribution in [0.4, 0.5) is 0 Å². The number of nitrogens with one attached hydrogen (secondary N) is 1. The Morgan fingerprint density at radius 3 is 2.96 bits per heavy atom. The van der Waals surface area contributed by atoms with Gasteiger partial charge in [-0.2, -0.15) is 0 Å². The molecule has 0 saturated carbocycles. The molecule has 0 atom stereocenters. The summed E-state index contributed by atoms with van der Waals surface area (Å²) >= 11 is 1.53. The normalized spacial score (nSPS) is 13.7. The maximum absolute atomic E-state index is 12.0. The molecule has 5 nitrogen and oxygen atoms in total. The van der Waals surface area contributed by atoms with E-state index in [1.807, 2.05) is 26.0 Å². The maximum atomic E-state index is 12.0. The Bertz CT molecular complexity index is 752. The first kappa shape index (κ1) is 15.7. The van der Waals surface area contributed by atoms with Crippen LogP contribution in [-0.4, -0.2) is 23.4 Å². The number of amidine groups is 1. The summed E-state index contributed by atoms with van der Waals surface area (Å²) in [6.07, 6.45) is 0. The van der Waals surface area contributed by atoms with Crippen molar-refractivity contribution in [1.82, 2.24) is 5.32 Å². The Kier molecular flexibility index (Phi) is 4.71. The Labute approximate surface area is 139 Å². The monoisotopic (exact) mass is 330 g/mol. The Hall–Kier alpha value is -2.21. The van der Waals surface area contributed by atoms with E-state index in [2.05, 4.69) is 16.4 Å². The second kappa shape index (κ2) is 6.91. The SMILES string of the molecule is Cc1ccc(OCc2ccc(C(=O)NC3=NCCS3)o2)c(C)c1. The minimum atomic E-state index is -0.282. The lowest BCUT2D eigenvalue weighted by molar-refractivity contribution is 0.0947. The van der Waals surface area contributed by atoms with Gasteiger partial charge in [-0.1, -0.05) is 29.5 Å². The average Bonchev–Trinajstić information content (AvgIpc) is 3.17. The number of thioether (sulfide) groups is 1. The van der Waals surface area contributed by atoms with Crippen molar-refractivity contribution in [2.75, 3.05) is 12.3 Å². The molecular formula is C17H18N2O3S. The molecule has 1 aromatic carbocycles. The van der Waals surface area contributed by atoms with Gasteiger partial charge in [0.1, 0.15) is 18.1 Å². The molecule has 0 spiro atoms. The van der Waals surface area contributed by atoms with Gasteiger partial charge in [-0.3, -0.25) is 15.1 Å². The molecule has 3 rings (SSSR count). The highest BCUT2D eigenvalue weighted by molar-refractivity contribution is 8.14. The third kappa shape index (κ3) is 3.96. The number of aliphatic imine (C=N–C) groups is 1. The summed E-state index contributed by atoms with van der Waals surface area (Å²) in [4.78, 5) is 16.2. The highest BCUT2D eigenvalue weighted by Crippen LogP contribution is 2.20. The molecule has 1 aromatic heterocycles. The van der Waals surface area contributed by atoms with E-state index < -0.39 is 0 Å². The van der Waals surface area contributed by atoms with E-state index in [-0.39, 0.29) is 18.3 Å². The van der Waals surface area contributed by atoms with E-state index in [9.17, 15) is 4.79 Å². The molecule has 0 bridgehead atoms. The molecule has 23 heavy (non-hydrogen) atoms. The number of rotatable bonds is 4. The first-order valence-corrected chi connectivity index (χ1v) is 8.38. The van der Waals surface area contributed by atoms with Gasteiger partial charge in [0.2, 0.25) is 0 Å². The summed E-state index contributed by atoms with van der Waals surface area (Å²) in [5.74, 6) is 2.31. The second-order valence-corrected chi connectivity index (χ2v) is 6.40. The first-order valence-electron chi connectivity index (χ1n) is 7.39. The number of hydrogen-bond donors (Lipinski definition) is 1. The van der Waals surface area contributed by atoms with Crippen molar-refractivity contribution in [3.8, 4) is 5.75 Å². The van der Waals surface area contributed by atoms with Crippen molar-refractivity contribution < 1.29 is 13.9 Å². The zero-order valence-corrected chi connectivity index (χ0v) is 13.9. The molecule has 1 aliphatic rings. The van der Waals surface area contributed by atoms with Crippen molar-refractivity contribution in [1.29, 1.82) is 0 Å². The van der Waals surface area contributed by atoms with Crippen LogP contribution in [0.3, 0.4) is 0 Å². The van der Waals surface area contributed by atoms with E-state index in [0.29, 0.717) is 10.9 Å². The van der Waals surface area contributed by atoms with Crippen LogP contribution in [0, 0.1) is 13.8 Å². The molecular weight excluding hydrogens is 312 g/mol. The predicted octanol–water partition coefficient (Wildman–Crippen LogP) is 3.31. The molecule has 120 valence electrons. The van der Waals surface area contributed by atoms with Crippen LogP contribution in [0.5, 0.6) is 5.75 Å². The molecule has 0 unspecified atom stereocenters. The number of amides is 1. The largest absolute Gasteiger partial charge is 0.485 e. The fourth-order valence-corrected chi connectivity index (χ4v) is 2.98. The van der Waals surface area contributed by atoms with Crippen molar-refractivity contribution in [3.05, 3.63) is 53.0 Å². The van der Waals surface area contributed by atoms with Crippen molar-refractivity contribution in [2.45, 2.75) is 20.5 Å². The van der Waals surface area contributed by atoms with Crippen LogP contribution in [0.1, 0.15) is 27.4 Å². The summed E-state index contributed by atoms with van der Waals surface area (Å²) < 4.78 is 11.3. The van der Waals surface area contributed by atoms with Gasteiger partial charge in [0, 0.05) is 5.75 Å². The van der Waals surface area contributed by atoms with E-state index in [4.69, 9.17) is 9.15 Å². The van der Waals surface area contributed by atoms with E-state index in [0.717, 1.165) is 23.6 Å². The smallest absolute Gasteiger partial charge is 0.292 e. The lowest BCUT2D eigenvalue weighted by Crippen LogP contribution is -2.26. The third-order valence-corrected chi connectivity index (χ3v) is 4.28. The number of carbonyl (C=O) groups excluding carboxylic acids is 1.